The van der Waals surface area contributed by atoms with Crippen molar-refractivity contribution in [3.63, 3.8) is 0 Å². The summed E-state index contributed by atoms with van der Waals surface area (Å²) in [6.07, 6.45) is -0.465. The minimum Gasteiger partial charge on any atom is -0.505 e. The molecular weight excluding hydrogens is 257 g/mol. The van der Waals surface area contributed by atoms with Crippen molar-refractivity contribution in [2.75, 3.05) is 0 Å². The number of nitrogens with two attached hydrogens (primary N) is 1. The third-order valence-electron chi connectivity index (χ3n) is 2.95. The maximum absolute atomic E-state index is 13.1. The first-order valence-electron chi connectivity index (χ1n) is 5.64. The second-order valence-corrected chi connectivity index (χ2v) is 5.43. The number of phenolic OH excluding ortho intramolecular Hbond substituents is 1. The summed E-state index contributed by atoms with van der Waals surface area (Å²) in [6, 6.07) is 3.68. The molecular formula is C13H21ClFNO2. The number of hydrogen-bond donors (Lipinski definition) is 3. The van der Waals surface area contributed by atoms with Crippen molar-refractivity contribution in [1.29, 1.82) is 0 Å². The molecule has 0 aromatic heterocycles. The van der Waals surface area contributed by atoms with Crippen molar-refractivity contribution in [3.05, 3.63) is 29.6 Å². The highest BCUT2D eigenvalue weighted by Crippen LogP contribution is 2.28. The van der Waals surface area contributed by atoms with Crippen molar-refractivity contribution in [2.24, 2.45) is 11.1 Å². The van der Waals surface area contributed by atoms with Crippen molar-refractivity contribution in [3.8, 4) is 5.75 Å². The average molecular weight is 278 g/mol. The average Bonchev–Trinajstić information content (AvgIpc) is 2.20. The molecule has 5 heteroatoms. The van der Waals surface area contributed by atoms with E-state index in [9.17, 15) is 9.50 Å². The molecule has 18 heavy (non-hydrogen) atoms. The van der Waals surface area contributed by atoms with E-state index < -0.39 is 17.7 Å². The molecule has 0 unspecified atom stereocenters. The lowest BCUT2D eigenvalue weighted by Gasteiger charge is -2.29. The number of hydrogen-bond acceptors (Lipinski definition) is 3. The van der Waals surface area contributed by atoms with Crippen molar-refractivity contribution in [2.45, 2.75) is 39.3 Å². The molecule has 2 atom stereocenters. The standard InChI is InChI=1S/C13H20FNO2.ClH/c1-13(2,3)12(15)7-11(17)8-4-5-10(16)9(14)6-8;/h4-6,11-12,16-17H,7,15H2,1-3H3;1H/t11-,12-;/m0./s1. The summed E-state index contributed by atoms with van der Waals surface area (Å²) in [5, 5.41) is 19.0. The third kappa shape index (κ3) is 4.44. The number of aliphatic hydroxyl groups is 1. The van der Waals surface area contributed by atoms with Crippen molar-refractivity contribution < 1.29 is 14.6 Å². The van der Waals surface area contributed by atoms with Gasteiger partial charge in [0.1, 0.15) is 0 Å². The smallest absolute Gasteiger partial charge is 0.165 e. The molecule has 0 spiro atoms. The van der Waals surface area contributed by atoms with Crippen LogP contribution in [0.2, 0.25) is 0 Å². The van der Waals surface area contributed by atoms with Crippen LogP contribution in [0.1, 0.15) is 38.9 Å². The quantitative estimate of drug-likeness (QED) is 0.796. The molecule has 0 fully saturated rings. The van der Waals surface area contributed by atoms with E-state index in [0.717, 1.165) is 6.07 Å². The van der Waals surface area contributed by atoms with Gasteiger partial charge in [0.2, 0.25) is 0 Å². The van der Waals surface area contributed by atoms with Crippen LogP contribution in [0.5, 0.6) is 5.75 Å². The minimum absolute atomic E-state index is 0. The second-order valence-electron chi connectivity index (χ2n) is 5.43. The van der Waals surface area contributed by atoms with Gasteiger partial charge in [-0.25, -0.2) is 4.39 Å². The van der Waals surface area contributed by atoms with Gasteiger partial charge < -0.3 is 15.9 Å². The van der Waals surface area contributed by atoms with Crippen LogP contribution in [0.3, 0.4) is 0 Å². The molecule has 0 aliphatic rings. The number of halogens is 2. The fourth-order valence-corrected chi connectivity index (χ4v) is 1.46. The van der Waals surface area contributed by atoms with Gasteiger partial charge in [0.25, 0.3) is 0 Å². The van der Waals surface area contributed by atoms with Crippen molar-refractivity contribution in [1.82, 2.24) is 0 Å². The zero-order valence-electron chi connectivity index (χ0n) is 10.9. The molecule has 0 saturated carbocycles. The van der Waals surface area contributed by atoms with E-state index in [1.54, 1.807) is 0 Å². The molecule has 3 nitrogen and oxygen atoms in total. The molecule has 0 aliphatic carbocycles. The lowest BCUT2D eigenvalue weighted by molar-refractivity contribution is 0.133. The van der Waals surface area contributed by atoms with Gasteiger partial charge in [-0.2, -0.15) is 0 Å². The first-order chi connectivity index (χ1) is 7.71. The van der Waals surface area contributed by atoms with Gasteiger partial charge in [0, 0.05) is 6.04 Å². The Morgan fingerprint density at radius 3 is 2.33 bits per heavy atom. The number of aliphatic hydroxyl groups excluding tert-OH is 1. The number of phenols is 1. The maximum Gasteiger partial charge on any atom is 0.165 e. The van der Waals surface area contributed by atoms with Gasteiger partial charge in [-0.3, -0.25) is 0 Å². The Hall–Kier alpha value is -0.840. The van der Waals surface area contributed by atoms with Crippen molar-refractivity contribution >= 4 is 12.4 Å². The normalized spacial score (nSPS) is 14.8. The van der Waals surface area contributed by atoms with Gasteiger partial charge in [-0.1, -0.05) is 26.8 Å². The second kappa shape index (κ2) is 6.36. The summed E-state index contributed by atoms with van der Waals surface area (Å²) < 4.78 is 13.1. The van der Waals surface area contributed by atoms with Gasteiger partial charge in [0.15, 0.2) is 11.6 Å². The van der Waals surface area contributed by atoms with Crippen LogP contribution >= 0.6 is 12.4 Å². The molecule has 0 radical (unpaired) electrons. The van der Waals surface area contributed by atoms with Crippen LogP contribution in [0.15, 0.2) is 18.2 Å². The van der Waals surface area contributed by atoms with Crippen LogP contribution < -0.4 is 5.73 Å². The fourth-order valence-electron chi connectivity index (χ4n) is 1.46. The van der Waals surface area contributed by atoms with Gasteiger partial charge in [0.05, 0.1) is 6.10 Å². The Balaban J connectivity index is 0.00000289. The molecule has 0 aliphatic heterocycles. The Kier molecular flexibility index (Phi) is 6.07. The molecule has 4 N–H and O–H groups in total. The highest BCUT2D eigenvalue weighted by atomic mass is 35.5. The predicted octanol–water partition coefficient (Wildman–Crippen LogP) is 2.75. The Labute approximate surface area is 113 Å². The van der Waals surface area contributed by atoms with Crippen LogP contribution in [-0.4, -0.2) is 16.3 Å². The molecule has 1 aromatic carbocycles. The fraction of sp³-hybridized carbons (Fsp3) is 0.538. The van der Waals surface area contributed by atoms with E-state index in [1.807, 2.05) is 20.8 Å². The molecule has 1 aromatic rings. The monoisotopic (exact) mass is 277 g/mol. The third-order valence-corrected chi connectivity index (χ3v) is 2.95. The largest absolute Gasteiger partial charge is 0.505 e. The lowest BCUT2D eigenvalue weighted by atomic mass is 9.83. The summed E-state index contributed by atoms with van der Waals surface area (Å²) in [6.45, 7) is 5.96. The molecule has 0 heterocycles. The lowest BCUT2D eigenvalue weighted by Crippen LogP contribution is -2.36. The van der Waals surface area contributed by atoms with E-state index >= 15 is 0 Å². The number of benzene rings is 1. The predicted molar refractivity (Wildman–Crippen MR) is 72.3 cm³/mol. The zero-order chi connectivity index (χ0) is 13.2. The number of rotatable bonds is 3. The van der Waals surface area contributed by atoms with E-state index in [2.05, 4.69) is 0 Å². The van der Waals surface area contributed by atoms with Crippen LogP contribution in [-0.2, 0) is 0 Å². The van der Waals surface area contributed by atoms with Gasteiger partial charge in [-0.05, 0) is 29.5 Å². The summed E-state index contributed by atoms with van der Waals surface area (Å²) in [5.41, 5.74) is 6.27. The Morgan fingerprint density at radius 2 is 1.89 bits per heavy atom. The molecule has 0 amide bonds. The molecule has 0 saturated heterocycles. The topological polar surface area (TPSA) is 66.5 Å². The van der Waals surface area contributed by atoms with E-state index in [0.29, 0.717) is 12.0 Å². The van der Waals surface area contributed by atoms with E-state index in [4.69, 9.17) is 10.8 Å². The SMILES string of the molecule is CC(C)(C)[C@@H](N)C[C@H](O)c1ccc(O)c(F)c1.Cl. The van der Waals surface area contributed by atoms with Gasteiger partial charge >= 0.3 is 0 Å². The van der Waals surface area contributed by atoms with Crippen LogP contribution in [0.4, 0.5) is 4.39 Å². The summed E-state index contributed by atoms with van der Waals surface area (Å²) in [4.78, 5) is 0. The Morgan fingerprint density at radius 1 is 1.33 bits per heavy atom. The van der Waals surface area contributed by atoms with Gasteiger partial charge in [-0.15, -0.1) is 12.4 Å². The highest BCUT2D eigenvalue weighted by molar-refractivity contribution is 5.85. The first-order valence-corrected chi connectivity index (χ1v) is 5.64. The first kappa shape index (κ1) is 17.2. The highest BCUT2D eigenvalue weighted by Gasteiger charge is 2.24. The summed E-state index contributed by atoms with van der Waals surface area (Å²) in [5.74, 6) is -1.15. The summed E-state index contributed by atoms with van der Waals surface area (Å²) in [7, 11) is 0. The van der Waals surface area contributed by atoms with E-state index in [-0.39, 0.29) is 23.9 Å². The summed E-state index contributed by atoms with van der Waals surface area (Å²) >= 11 is 0. The van der Waals surface area contributed by atoms with E-state index in [1.165, 1.54) is 12.1 Å². The minimum atomic E-state index is -0.820. The van der Waals surface area contributed by atoms with Crippen LogP contribution in [0, 0.1) is 11.2 Å². The van der Waals surface area contributed by atoms with Crippen LogP contribution in [0.25, 0.3) is 0 Å². The molecule has 0 bridgehead atoms. The number of aromatic hydroxyl groups is 1. The molecule has 1 rings (SSSR count). The zero-order valence-corrected chi connectivity index (χ0v) is 11.7. The molecule has 104 valence electrons. The maximum atomic E-state index is 13.1. The Bertz CT molecular complexity index is 393.